The van der Waals surface area contributed by atoms with Crippen LogP contribution in [-0.4, -0.2) is 20.9 Å². The van der Waals surface area contributed by atoms with E-state index in [1.807, 2.05) is 40.1 Å². The molecule has 0 aliphatic carbocycles. The van der Waals surface area contributed by atoms with E-state index in [1.165, 1.54) is 28.0 Å². The van der Waals surface area contributed by atoms with Gasteiger partial charge in [0, 0.05) is 67.1 Å². The number of nitrogens with zero attached hydrogens (tertiary/aromatic N) is 2. The summed E-state index contributed by atoms with van der Waals surface area (Å²) in [5.74, 6) is 1.17. The van der Waals surface area contributed by atoms with Crippen molar-refractivity contribution in [2.24, 2.45) is 17.8 Å². The second-order valence-corrected chi connectivity index (χ2v) is 15.1. The van der Waals surface area contributed by atoms with Gasteiger partial charge in [0.25, 0.3) is 0 Å². The molecule has 0 fully saturated rings. The number of thiophene rings is 1. The first-order valence-corrected chi connectivity index (χ1v) is 18.5. The zero-order valence-corrected chi connectivity index (χ0v) is 33.9. The number of aliphatic hydroxyl groups is 1. The summed E-state index contributed by atoms with van der Waals surface area (Å²) >= 11 is 1.74. The van der Waals surface area contributed by atoms with E-state index < -0.39 is 0 Å². The smallest absolute Gasteiger partial charge is 0.162 e. The van der Waals surface area contributed by atoms with Crippen molar-refractivity contribution >= 4 is 38.1 Å². The molecule has 3 aromatic heterocycles. The van der Waals surface area contributed by atoms with Crippen molar-refractivity contribution in [2.75, 3.05) is 0 Å². The molecule has 0 spiro atoms. The average molecular weight is 854 g/mol. The quantitative estimate of drug-likeness (QED) is 0.0817. The molecule has 0 amide bonds. The summed E-state index contributed by atoms with van der Waals surface area (Å²) < 4.78 is 0. The molecule has 0 aliphatic rings. The first-order chi connectivity index (χ1) is 22.9. The predicted molar refractivity (Wildman–Crippen MR) is 206 cm³/mol. The van der Waals surface area contributed by atoms with Crippen molar-refractivity contribution < 1.29 is 30.0 Å². The Hall–Kier alpha value is -3.18. The molecule has 1 radical (unpaired) electrons. The summed E-state index contributed by atoms with van der Waals surface area (Å²) in [4.78, 5) is 22.3. The standard InChI is InChI=1S/C30H29N2S.C13H24O2.Ir/c1-19(2)12-24-18-33-29-26(24)14-23(17-32-29)20-10-11-31-28(16-20)22-13-21-8-6-7-9-25(21)27(15-22)30(3,4)5;1-5-10(6-2)12(14)9-13(15)11(7-3)8-4;/h6-11,14-19H,12H2,1-5H3;9-11,14H,5-8H2,1-4H3;/q-1;;/b;12-9-;. The molecule has 1 N–H and O–H groups in total. The van der Waals surface area contributed by atoms with E-state index in [2.05, 4.69) is 94.6 Å². The number of rotatable bonds is 11. The normalized spacial score (nSPS) is 12.0. The van der Waals surface area contributed by atoms with Crippen LogP contribution in [0.15, 0.2) is 78.1 Å². The Kier molecular flexibility index (Phi) is 14.9. The van der Waals surface area contributed by atoms with E-state index in [1.54, 1.807) is 11.3 Å². The maximum absolute atomic E-state index is 11.7. The van der Waals surface area contributed by atoms with E-state index >= 15 is 0 Å². The van der Waals surface area contributed by atoms with Crippen LogP contribution in [0.2, 0.25) is 0 Å². The molecule has 263 valence electrons. The maximum Gasteiger partial charge on any atom is 0.162 e. The van der Waals surface area contributed by atoms with Crippen LogP contribution in [0, 0.1) is 23.8 Å². The summed E-state index contributed by atoms with van der Waals surface area (Å²) in [5.41, 5.74) is 6.98. The first kappa shape index (κ1) is 40.3. The fourth-order valence-electron chi connectivity index (χ4n) is 6.25. The second kappa shape index (κ2) is 18.2. The van der Waals surface area contributed by atoms with Gasteiger partial charge in [0.2, 0.25) is 0 Å². The van der Waals surface area contributed by atoms with Crippen LogP contribution in [0.4, 0.5) is 0 Å². The van der Waals surface area contributed by atoms with Crippen LogP contribution in [0.1, 0.15) is 99.1 Å². The van der Waals surface area contributed by atoms with Crippen molar-refractivity contribution in [1.29, 1.82) is 0 Å². The minimum atomic E-state index is 0. The van der Waals surface area contributed by atoms with Gasteiger partial charge in [-0.2, -0.15) is 0 Å². The zero-order chi connectivity index (χ0) is 35.0. The Bertz CT molecular complexity index is 1860. The van der Waals surface area contributed by atoms with Gasteiger partial charge >= 0.3 is 0 Å². The third-order valence-electron chi connectivity index (χ3n) is 9.17. The topological polar surface area (TPSA) is 63.1 Å². The molecular formula is C43H53IrN2O2S-. The maximum atomic E-state index is 11.7. The summed E-state index contributed by atoms with van der Waals surface area (Å²) in [7, 11) is 0. The van der Waals surface area contributed by atoms with Gasteiger partial charge in [0.1, 0.15) is 4.83 Å². The molecule has 49 heavy (non-hydrogen) atoms. The largest absolute Gasteiger partial charge is 0.512 e. The van der Waals surface area contributed by atoms with Gasteiger partial charge in [-0.15, -0.1) is 40.5 Å². The van der Waals surface area contributed by atoms with Crippen molar-refractivity contribution in [3.05, 3.63) is 95.3 Å². The molecule has 5 aromatic rings. The summed E-state index contributed by atoms with van der Waals surface area (Å²) in [6.07, 6.45) is 9.87. The fraction of sp³-hybridized carbons (Fsp3) is 0.419. The number of hydrogen-bond acceptors (Lipinski definition) is 5. The minimum Gasteiger partial charge on any atom is -0.512 e. The molecule has 0 unspecified atom stereocenters. The van der Waals surface area contributed by atoms with Gasteiger partial charge < -0.3 is 5.11 Å². The third-order valence-corrected chi connectivity index (χ3v) is 10.1. The molecule has 0 saturated heterocycles. The van der Waals surface area contributed by atoms with Gasteiger partial charge in [-0.05, 0) is 72.1 Å². The third kappa shape index (κ3) is 10.2. The Labute approximate surface area is 311 Å². The molecule has 2 aromatic carbocycles. The van der Waals surface area contributed by atoms with Crippen LogP contribution < -0.4 is 0 Å². The van der Waals surface area contributed by atoms with E-state index in [0.717, 1.165) is 64.7 Å². The summed E-state index contributed by atoms with van der Waals surface area (Å²) in [6.45, 7) is 19.4. The van der Waals surface area contributed by atoms with Gasteiger partial charge in [-0.1, -0.05) is 97.5 Å². The van der Waals surface area contributed by atoms with Gasteiger partial charge in [0.05, 0.1) is 5.76 Å². The molecule has 5 rings (SSSR count). The van der Waals surface area contributed by atoms with Gasteiger partial charge in [-0.3, -0.25) is 9.78 Å². The Morgan fingerprint density at radius 2 is 1.57 bits per heavy atom. The van der Waals surface area contributed by atoms with Crippen LogP contribution in [0.25, 0.3) is 43.4 Å². The zero-order valence-electron chi connectivity index (χ0n) is 30.7. The molecular weight excluding hydrogens is 801 g/mol. The number of aliphatic hydroxyl groups excluding tert-OH is 1. The predicted octanol–water partition coefficient (Wildman–Crippen LogP) is 12.3. The van der Waals surface area contributed by atoms with E-state index in [0.29, 0.717) is 5.92 Å². The number of benzene rings is 2. The Balaban J connectivity index is 0.000000347. The number of ketones is 1. The Morgan fingerprint density at radius 1 is 0.898 bits per heavy atom. The van der Waals surface area contributed by atoms with Crippen molar-refractivity contribution in [1.82, 2.24) is 9.97 Å². The monoisotopic (exact) mass is 854 g/mol. The molecule has 6 heteroatoms. The molecule has 0 aliphatic heterocycles. The first-order valence-electron chi connectivity index (χ1n) is 17.6. The molecule has 0 atom stereocenters. The van der Waals surface area contributed by atoms with Crippen LogP contribution in [0.5, 0.6) is 0 Å². The van der Waals surface area contributed by atoms with Crippen molar-refractivity contribution in [3.8, 4) is 22.4 Å². The molecule has 0 bridgehead atoms. The Morgan fingerprint density at radius 3 is 2.20 bits per heavy atom. The van der Waals surface area contributed by atoms with E-state index in [4.69, 9.17) is 9.97 Å². The van der Waals surface area contributed by atoms with Crippen molar-refractivity contribution in [3.63, 3.8) is 0 Å². The fourth-order valence-corrected chi connectivity index (χ4v) is 7.16. The van der Waals surface area contributed by atoms with Crippen LogP contribution >= 0.6 is 11.3 Å². The van der Waals surface area contributed by atoms with Crippen LogP contribution in [0.3, 0.4) is 0 Å². The van der Waals surface area contributed by atoms with Crippen molar-refractivity contribution in [2.45, 2.75) is 99.8 Å². The van der Waals surface area contributed by atoms with Gasteiger partial charge in [-0.25, -0.2) is 4.98 Å². The summed E-state index contributed by atoms with van der Waals surface area (Å²) in [6, 6.07) is 20.9. The number of carbonyl (C=O) groups excluding carboxylic acids is 1. The molecule has 4 nitrogen and oxygen atoms in total. The second-order valence-electron chi connectivity index (χ2n) is 14.3. The van der Waals surface area contributed by atoms with Gasteiger partial charge in [0.15, 0.2) is 5.78 Å². The number of hydrogen-bond donors (Lipinski definition) is 1. The van der Waals surface area contributed by atoms with Crippen LogP contribution in [-0.2, 0) is 36.7 Å². The minimum absolute atomic E-state index is 0. The molecule has 3 heterocycles. The number of allylic oxidation sites excluding steroid dienone is 2. The number of fused-ring (bicyclic) bond motifs is 2. The number of pyridine rings is 2. The average Bonchev–Trinajstić information content (AvgIpc) is 3.46. The number of carbonyl (C=O) groups is 1. The molecule has 0 saturated carbocycles. The SMILES string of the molecule is CC(C)Cc1csc2ncc(-c3ccnc(-c4[c-]c5ccccc5c(C(C)(C)C)c4)c3)cc12.CCC(CC)C(=O)/C=C(\O)C(CC)CC.[Ir]. The number of aromatic nitrogens is 2. The van der Waals surface area contributed by atoms with E-state index in [-0.39, 0.29) is 48.9 Å². The van der Waals surface area contributed by atoms with E-state index in [9.17, 15) is 9.90 Å². The summed E-state index contributed by atoms with van der Waals surface area (Å²) in [5, 5.41) is 15.7.